The van der Waals surface area contributed by atoms with Gasteiger partial charge in [0, 0.05) is 48.1 Å². The van der Waals surface area contributed by atoms with Crippen LogP contribution in [-0.2, 0) is 23.9 Å². The van der Waals surface area contributed by atoms with Crippen molar-refractivity contribution in [2.24, 2.45) is 5.92 Å². The van der Waals surface area contributed by atoms with Gasteiger partial charge in [0.05, 0.1) is 17.5 Å². The third-order valence-electron chi connectivity index (χ3n) is 6.96. The van der Waals surface area contributed by atoms with Crippen molar-refractivity contribution in [3.05, 3.63) is 94.3 Å². The molecule has 0 unspecified atom stereocenters. The van der Waals surface area contributed by atoms with E-state index in [0.29, 0.717) is 35.8 Å². The van der Waals surface area contributed by atoms with Gasteiger partial charge < -0.3 is 15.1 Å². The fourth-order valence-electron chi connectivity index (χ4n) is 5.16. The molecule has 0 aromatic heterocycles. The molecule has 2 heterocycles. The Bertz CT molecular complexity index is 1280. The number of hydrogen-bond acceptors (Lipinski definition) is 3. The lowest BCUT2D eigenvalue weighted by Gasteiger charge is -2.49. The summed E-state index contributed by atoms with van der Waals surface area (Å²) in [5.41, 5.74) is 1.75. The van der Waals surface area contributed by atoms with E-state index in [1.807, 2.05) is 23.1 Å². The molecule has 188 valence electrons. The quantitative estimate of drug-likeness (QED) is 0.452. The summed E-state index contributed by atoms with van der Waals surface area (Å²) in [5.74, 6) is -1.35. The molecule has 36 heavy (non-hydrogen) atoms. The Morgan fingerprint density at radius 3 is 2.58 bits per heavy atom. The van der Waals surface area contributed by atoms with Crippen LogP contribution in [0.5, 0.6) is 0 Å². The zero-order chi connectivity index (χ0) is 25.4. The van der Waals surface area contributed by atoms with Crippen LogP contribution in [0, 0.1) is 11.7 Å². The molecule has 0 radical (unpaired) electrons. The van der Waals surface area contributed by atoms with E-state index in [9.17, 15) is 22.4 Å². The Morgan fingerprint density at radius 1 is 1.03 bits per heavy atom. The average Bonchev–Trinajstić information content (AvgIpc) is 2.86. The third-order valence-corrected chi connectivity index (χ3v) is 7.20. The number of anilines is 2. The van der Waals surface area contributed by atoms with Crippen molar-refractivity contribution in [3.8, 4) is 0 Å². The van der Waals surface area contributed by atoms with E-state index in [1.54, 1.807) is 24.3 Å². The van der Waals surface area contributed by atoms with Gasteiger partial charge in [0.25, 0.3) is 0 Å². The molecule has 9 heteroatoms. The lowest BCUT2D eigenvalue weighted by molar-refractivity contribution is -0.137. The number of rotatable bonds is 4. The van der Waals surface area contributed by atoms with E-state index >= 15 is 0 Å². The predicted molar refractivity (Wildman–Crippen MR) is 132 cm³/mol. The molecule has 0 spiro atoms. The van der Waals surface area contributed by atoms with E-state index in [4.69, 9.17) is 11.6 Å². The van der Waals surface area contributed by atoms with E-state index < -0.39 is 23.5 Å². The van der Waals surface area contributed by atoms with E-state index in [-0.39, 0.29) is 24.9 Å². The van der Waals surface area contributed by atoms with Gasteiger partial charge in [0.15, 0.2) is 0 Å². The summed E-state index contributed by atoms with van der Waals surface area (Å²) in [4.78, 5) is 17.6. The molecule has 3 aromatic rings. The first-order valence-corrected chi connectivity index (χ1v) is 12.1. The van der Waals surface area contributed by atoms with Crippen molar-refractivity contribution < 1.29 is 22.4 Å². The number of alkyl halides is 3. The van der Waals surface area contributed by atoms with E-state index in [2.05, 4.69) is 10.2 Å². The summed E-state index contributed by atoms with van der Waals surface area (Å²) >= 11 is 6.19. The maximum absolute atomic E-state index is 14.1. The first-order chi connectivity index (χ1) is 17.2. The van der Waals surface area contributed by atoms with Crippen LogP contribution < -0.4 is 15.1 Å². The maximum Gasteiger partial charge on any atom is 0.416 e. The summed E-state index contributed by atoms with van der Waals surface area (Å²) < 4.78 is 54.3. The van der Waals surface area contributed by atoms with E-state index in [1.165, 1.54) is 12.1 Å². The van der Waals surface area contributed by atoms with E-state index in [0.717, 1.165) is 23.5 Å². The summed E-state index contributed by atoms with van der Waals surface area (Å²) in [6.07, 6.45) is -4.31. The fraction of sp³-hybridized carbons (Fsp3) is 0.296. The Balaban J connectivity index is 1.45. The van der Waals surface area contributed by atoms with Crippen LogP contribution >= 0.6 is 11.6 Å². The van der Waals surface area contributed by atoms with Gasteiger partial charge in [0.1, 0.15) is 5.82 Å². The van der Waals surface area contributed by atoms with Crippen molar-refractivity contribution >= 4 is 28.9 Å². The Morgan fingerprint density at radius 2 is 1.83 bits per heavy atom. The molecule has 4 nitrogen and oxygen atoms in total. The van der Waals surface area contributed by atoms with Crippen molar-refractivity contribution in [1.29, 1.82) is 0 Å². The molecule has 1 saturated heterocycles. The van der Waals surface area contributed by atoms with Gasteiger partial charge in [-0.1, -0.05) is 35.9 Å². The van der Waals surface area contributed by atoms with Crippen molar-refractivity contribution in [2.45, 2.75) is 25.2 Å². The number of piperazine rings is 1. The maximum atomic E-state index is 14.1. The highest BCUT2D eigenvalue weighted by molar-refractivity contribution is 6.30. The van der Waals surface area contributed by atoms with Gasteiger partial charge in [-0.25, -0.2) is 4.39 Å². The highest BCUT2D eigenvalue weighted by atomic mass is 35.5. The molecule has 1 N–H and O–H groups in total. The summed E-state index contributed by atoms with van der Waals surface area (Å²) in [5, 5.41) is 3.41. The molecule has 2 atom stereocenters. The molecule has 0 saturated carbocycles. The normalized spacial score (nSPS) is 19.5. The highest BCUT2D eigenvalue weighted by Gasteiger charge is 2.42. The van der Waals surface area contributed by atoms with Crippen molar-refractivity contribution in [1.82, 2.24) is 5.32 Å². The molecule has 3 aromatic carbocycles. The Hall–Kier alpha value is -3.26. The molecular weight excluding hydrogens is 494 g/mol. The minimum atomic E-state index is -4.47. The number of nitrogens with one attached hydrogen (secondary N) is 1. The number of benzene rings is 3. The van der Waals surface area contributed by atoms with Crippen LogP contribution in [-0.4, -0.2) is 31.6 Å². The average molecular weight is 518 g/mol. The van der Waals surface area contributed by atoms with Crippen LogP contribution in [0.2, 0.25) is 5.02 Å². The van der Waals surface area contributed by atoms with Crippen molar-refractivity contribution in [3.63, 3.8) is 0 Å². The SMILES string of the molecule is O=C(NCc1ccccc1F)[C@@H]1Cc2cc(C(F)(F)F)ccc2N2CCN(c3cccc(Cl)c3)C[C@H]12. The molecule has 1 fully saturated rings. The van der Waals surface area contributed by atoms with Crippen molar-refractivity contribution in [2.75, 3.05) is 29.4 Å². The number of amides is 1. The predicted octanol–water partition coefficient (Wildman–Crippen LogP) is 5.68. The molecule has 0 bridgehead atoms. The Kier molecular flexibility index (Phi) is 6.55. The van der Waals surface area contributed by atoms with Gasteiger partial charge in [0.2, 0.25) is 5.91 Å². The molecule has 2 aliphatic heterocycles. The van der Waals surface area contributed by atoms with Gasteiger partial charge in [-0.15, -0.1) is 0 Å². The standard InChI is InChI=1S/C27H24ClF4N3O/c28-20-5-3-6-21(14-20)34-10-11-35-24-9-8-19(27(30,31)32)12-18(24)13-22(25(35)16-34)26(36)33-15-17-4-1-2-7-23(17)29/h1-9,12,14,22,25H,10-11,13,15-16H2,(H,33,36)/t22-,25-/m1/s1. The second-order valence-corrected chi connectivity index (χ2v) is 9.58. The first kappa shape index (κ1) is 24.4. The zero-order valence-electron chi connectivity index (χ0n) is 19.2. The minimum Gasteiger partial charge on any atom is -0.368 e. The number of fused-ring (bicyclic) bond motifs is 3. The van der Waals surface area contributed by atoms with Gasteiger partial charge in [-0.2, -0.15) is 13.2 Å². The highest BCUT2D eigenvalue weighted by Crippen LogP contribution is 2.40. The number of nitrogens with zero attached hydrogens (tertiary/aromatic N) is 2. The summed E-state index contributed by atoms with van der Waals surface area (Å²) in [6, 6.07) is 17.1. The van der Waals surface area contributed by atoms with Crippen LogP contribution in [0.1, 0.15) is 16.7 Å². The zero-order valence-corrected chi connectivity index (χ0v) is 20.0. The van der Waals surface area contributed by atoms with Gasteiger partial charge in [-0.05, 0) is 54.4 Å². The van der Waals surface area contributed by atoms with Crippen LogP contribution in [0.25, 0.3) is 0 Å². The number of halogens is 5. The second kappa shape index (κ2) is 9.65. The molecular formula is C27H24ClF4N3O. The first-order valence-electron chi connectivity index (χ1n) is 11.7. The van der Waals surface area contributed by atoms with Crippen LogP contribution in [0.3, 0.4) is 0 Å². The molecule has 1 amide bonds. The Labute approximate surface area is 211 Å². The molecule has 2 aliphatic rings. The smallest absolute Gasteiger partial charge is 0.368 e. The van der Waals surface area contributed by atoms with Gasteiger partial charge >= 0.3 is 6.18 Å². The fourth-order valence-corrected chi connectivity index (χ4v) is 5.35. The lowest BCUT2D eigenvalue weighted by atomic mass is 9.82. The topological polar surface area (TPSA) is 35.6 Å². The van der Waals surface area contributed by atoms with Gasteiger partial charge in [-0.3, -0.25) is 4.79 Å². The molecule has 5 rings (SSSR count). The van der Waals surface area contributed by atoms with Crippen LogP contribution in [0.4, 0.5) is 28.9 Å². The number of carbonyl (C=O) groups is 1. The summed E-state index contributed by atoms with van der Waals surface area (Å²) in [7, 11) is 0. The largest absolute Gasteiger partial charge is 0.416 e. The monoisotopic (exact) mass is 517 g/mol. The number of carbonyl (C=O) groups excluding carboxylic acids is 1. The number of hydrogen-bond donors (Lipinski definition) is 1. The molecule has 0 aliphatic carbocycles. The lowest BCUT2D eigenvalue weighted by Crippen LogP contribution is -2.61. The third kappa shape index (κ3) is 4.87. The van der Waals surface area contributed by atoms with Crippen LogP contribution in [0.15, 0.2) is 66.7 Å². The minimum absolute atomic E-state index is 0.00216. The second-order valence-electron chi connectivity index (χ2n) is 9.15. The summed E-state index contributed by atoms with van der Waals surface area (Å²) in [6.45, 7) is 1.66.